The van der Waals surface area contributed by atoms with Crippen molar-refractivity contribution in [2.24, 2.45) is 0 Å². The quantitative estimate of drug-likeness (QED) is 0.832. The molecular formula is C21H19NO2. The van der Waals surface area contributed by atoms with Crippen LogP contribution < -0.4 is 4.90 Å². The monoisotopic (exact) mass is 317 g/mol. The number of amides is 1. The molecule has 4 rings (SSSR count). The third-order valence-corrected chi connectivity index (χ3v) is 4.89. The number of ketones is 1. The van der Waals surface area contributed by atoms with Crippen molar-refractivity contribution in [3.05, 3.63) is 77.5 Å². The summed E-state index contributed by atoms with van der Waals surface area (Å²) in [4.78, 5) is 27.4. The van der Waals surface area contributed by atoms with Crippen LogP contribution in [-0.4, -0.2) is 11.7 Å². The van der Waals surface area contributed by atoms with Gasteiger partial charge in [0, 0.05) is 35.7 Å². The van der Waals surface area contributed by atoms with Crippen LogP contribution >= 0.6 is 0 Å². The fourth-order valence-electron chi connectivity index (χ4n) is 3.84. The molecular weight excluding hydrogens is 298 g/mol. The highest BCUT2D eigenvalue weighted by Gasteiger charge is 2.39. The van der Waals surface area contributed by atoms with Crippen LogP contribution in [-0.2, 0) is 9.59 Å². The van der Waals surface area contributed by atoms with Gasteiger partial charge in [-0.05, 0) is 30.5 Å². The number of allylic oxidation sites excluding steroid dienone is 2. The number of rotatable bonds is 2. The topological polar surface area (TPSA) is 37.4 Å². The van der Waals surface area contributed by atoms with Crippen LogP contribution in [0.25, 0.3) is 0 Å². The predicted octanol–water partition coefficient (Wildman–Crippen LogP) is 4.21. The maximum atomic E-state index is 12.9. The first-order chi connectivity index (χ1) is 11.8. The van der Waals surface area contributed by atoms with Crippen LogP contribution in [0.3, 0.4) is 0 Å². The lowest BCUT2D eigenvalue weighted by Crippen LogP contribution is -2.40. The van der Waals surface area contributed by atoms with E-state index in [9.17, 15) is 9.59 Å². The summed E-state index contributed by atoms with van der Waals surface area (Å²) in [6, 6.07) is 19.6. The minimum atomic E-state index is -0.110. The first-order valence-electron chi connectivity index (χ1n) is 8.45. The number of carbonyl (C=O) groups is 2. The summed E-state index contributed by atoms with van der Waals surface area (Å²) < 4.78 is 0. The van der Waals surface area contributed by atoms with Crippen molar-refractivity contribution in [2.75, 3.05) is 4.90 Å². The number of anilines is 1. The lowest BCUT2D eigenvalue weighted by atomic mass is 9.77. The Hall–Kier alpha value is -2.68. The van der Waals surface area contributed by atoms with Gasteiger partial charge in [0.2, 0.25) is 5.91 Å². The van der Waals surface area contributed by atoms with E-state index in [-0.39, 0.29) is 17.6 Å². The standard InChI is InChI=1S/C21H19NO2/c23-19-13-7-12-18-21(19)17(15-8-3-1-4-9-15)14-20(24)22(18)16-10-5-2-6-11-16/h1-6,8-11,17H,7,12-14H2/t17-/m0/s1. The van der Waals surface area contributed by atoms with Gasteiger partial charge in [0.15, 0.2) is 5.78 Å². The molecule has 0 bridgehead atoms. The molecule has 1 atom stereocenters. The SMILES string of the molecule is O=C1CCCC2=C1[C@H](c1ccccc1)CC(=O)N2c1ccccc1. The Labute approximate surface area is 141 Å². The van der Waals surface area contributed by atoms with E-state index in [4.69, 9.17) is 0 Å². The average molecular weight is 317 g/mol. The van der Waals surface area contributed by atoms with E-state index in [1.807, 2.05) is 60.7 Å². The second kappa shape index (κ2) is 6.08. The summed E-state index contributed by atoms with van der Waals surface area (Å²) in [5, 5.41) is 0. The van der Waals surface area contributed by atoms with Gasteiger partial charge in [0.25, 0.3) is 0 Å². The zero-order chi connectivity index (χ0) is 16.5. The summed E-state index contributed by atoms with van der Waals surface area (Å²) in [5.41, 5.74) is 3.66. The minimum Gasteiger partial charge on any atom is -0.294 e. The smallest absolute Gasteiger partial charge is 0.232 e. The van der Waals surface area contributed by atoms with Crippen molar-refractivity contribution in [3.8, 4) is 0 Å². The molecule has 120 valence electrons. The molecule has 1 amide bonds. The van der Waals surface area contributed by atoms with Crippen molar-refractivity contribution < 1.29 is 9.59 Å². The molecule has 2 aromatic carbocycles. The van der Waals surface area contributed by atoms with Crippen LogP contribution in [0.2, 0.25) is 0 Å². The minimum absolute atomic E-state index is 0.0727. The molecule has 0 N–H and O–H groups in total. The van der Waals surface area contributed by atoms with Gasteiger partial charge >= 0.3 is 0 Å². The van der Waals surface area contributed by atoms with Crippen molar-refractivity contribution >= 4 is 17.4 Å². The normalized spacial score (nSPS) is 21.0. The third kappa shape index (κ3) is 2.46. The van der Waals surface area contributed by atoms with Crippen LogP contribution in [0.5, 0.6) is 0 Å². The van der Waals surface area contributed by atoms with Gasteiger partial charge < -0.3 is 0 Å². The Kier molecular flexibility index (Phi) is 3.77. The summed E-state index contributed by atoms with van der Waals surface area (Å²) in [5.74, 6) is 0.156. The number of Topliss-reactive ketones (excluding diaryl/α,β-unsaturated/α-hetero) is 1. The molecule has 24 heavy (non-hydrogen) atoms. The van der Waals surface area contributed by atoms with Crippen molar-refractivity contribution in [1.82, 2.24) is 0 Å². The number of hydrogen-bond acceptors (Lipinski definition) is 2. The van der Waals surface area contributed by atoms with Crippen LogP contribution in [0.4, 0.5) is 5.69 Å². The molecule has 2 aromatic rings. The number of benzene rings is 2. The van der Waals surface area contributed by atoms with E-state index in [2.05, 4.69) is 0 Å². The van der Waals surface area contributed by atoms with Gasteiger partial charge in [-0.1, -0.05) is 48.5 Å². The number of hydrogen-bond donors (Lipinski definition) is 0. The molecule has 3 nitrogen and oxygen atoms in total. The Morgan fingerprint density at radius 1 is 0.833 bits per heavy atom. The molecule has 1 aliphatic heterocycles. The molecule has 2 aliphatic rings. The van der Waals surface area contributed by atoms with Gasteiger partial charge in [0.1, 0.15) is 0 Å². The molecule has 0 aromatic heterocycles. The highest BCUT2D eigenvalue weighted by molar-refractivity contribution is 6.07. The lowest BCUT2D eigenvalue weighted by Gasteiger charge is -2.38. The highest BCUT2D eigenvalue weighted by Crippen LogP contribution is 2.43. The van der Waals surface area contributed by atoms with E-state index in [0.29, 0.717) is 12.8 Å². The zero-order valence-corrected chi connectivity index (χ0v) is 13.4. The molecule has 0 saturated carbocycles. The molecule has 0 saturated heterocycles. The molecule has 0 fully saturated rings. The molecule has 0 radical (unpaired) electrons. The Bertz CT molecular complexity index is 808. The molecule has 1 heterocycles. The number of nitrogens with zero attached hydrogens (tertiary/aromatic N) is 1. The Morgan fingerprint density at radius 2 is 1.50 bits per heavy atom. The summed E-state index contributed by atoms with van der Waals surface area (Å²) >= 11 is 0. The first kappa shape index (κ1) is 14.9. The van der Waals surface area contributed by atoms with Gasteiger partial charge in [-0.2, -0.15) is 0 Å². The van der Waals surface area contributed by atoms with Crippen LogP contribution in [0.1, 0.15) is 37.2 Å². The Morgan fingerprint density at radius 3 is 2.21 bits per heavy atom. The summed E-state index contributed by atoms with van der Waals surface area (Å²) in [7, 11) is 0. The average Bonchev–Trinajstić information content (AvgIpc) is 2.62. The van der Waals surface area contributed by atoms with E-state index in [1.165, 1.54) is 0 Å². The molecule has 3 heteroatoms. The second-order valence-corrected chi connectivity index (χ2v) is 6.37. The maximum Gasteiger partial charge on any atom is 0.232 e. The predicted molar refractivity (Wildman–Crippen MR) is 93.6 cm³/mol. The maximum absolute atomic E-state index is 12.9. The fourth-order valence-corrected chi connectivity index (χ4v) is 3.84. The summed E-state index contributed by atoms with van der Waals surface area (Å²) in [6.45, 7) is 0. The van der Waals surface area contributed by atoms with Crippen molar-refractivity contribution in [2.45, 2.75) is 31.6 Å². The lowest BCUT2D eigenvalue weighted by molar-refractivity contribution is -0.119. The number of carbonyl (C=O) groups excluding carboxylic acids is 2. The summed E-state index contributed by atoms with van der Waals surface area (Å²) in [6.07, 6.45) is 2.53. The molecule has 0 unspecified atom stereocenters. The third-order valence-electron chi connectivity index (χ3n) is 4.89. The van der Waals surface area contributed by atoms with Crippen molar-refractivity contribution in [3.63, 3.8) is 0 Å². The van der Waals surface area contributed by atoms with Gasteiger partial charge in [-0.15, -0.1) is 0 Å². The Balaban J connectivity index is 1.87. The van der Waals surface area contributed by atoms with Gasteiger partial charge in [-0.25, -0.2) is 0 Å². The zero-order valence-electron chi connectivity index (χ0n) is 13.4. The largest absolute Gasteiger partial charge is 0.294 e. The van der Waals surface area contributed by atoms with E-state index >= 15 is 0 Å². The first-order valence-corrected chi connectivity index (χ1v) is 8.45. The van der Waals surface area contributed by atoms with Crippen LogP contribution in [0.15, 0.2) is 71.9 Å². The second-order valence-electron chi connectivity index (χ2n) is 6.37. The van der Waals surface area contributed by atoms with E-state index in [1.54, 1.807) is 4.90 Å². The van der Waals surface area contributed by atoms with Gasteiger partial charge in [-0.3, -0.25) is 14.5 Å². The van der Waals surface area contributed by atoms with E-state index < -0.39 is 0 Å². The molecule has 0 spiro atoms. The van der Waals surface area contributed by atoms with E-state index in [0.717, 1.165) is 35.4 Å². The molecule has 1 aliphatic carbocycles. The van der Waals surface area contributed by atoms with Gasteiger partial charge in [0.05, 0.1) is 0 Å². The van der Waals surface area contributed by atoms with Crippen molar-refractivity contribution in [1.29, 1.82) is 0 Å². The highest BCUT2D eigenvalue weighted by atomic mass is 16.2. The fraction of sp³-hybridized carbons (Fsp3) is 0.238. The number of para-hydroxylation sites is 1. The van der Waals surface area contributed by atoms with Crippen LogP contribution in [0, 0.1) is 0 Å².